The lowest BCUT2D eigenvalue weighted by Gasteiger charge is -2.02. The van der Waals surface area contributed by atoms with Gasteiger partial charge < -0.3 is 0 Å². The Hall–Kier alpha value is 0.430. The van der Waals surface area contributed by atoms with Gasteiger partial charge in [-0.3, -0.25) is 0 Å². The second-order valence-corrected chi connectivity index (χ2v) is 2.60. The fourth-order valence-electron chi connectivity index (χ4n) is 0.611. The molecule has 0 aliphatic carbocycles. The summed E-state index contributed by atoms with van der Waals surface area (Å²) >= 11 is 0. The molecule has 0 N–H and O–H groups in total. The van der Waals surface area contributed by atoms with Crippen LogP contribution in [-0.4, -0.2) is 6.16 Å². The van der Waals surface area contributed by atoms with Crippen LogP contribution in [0.25, 0.3) is 0 Å². The number of rotatable bonds is 3. The first-order valence-electron chi connectivity index (χ1n) is 3.01. The first kappa shape index (κ1) is 7.43. The summed E-state index contributed by atoms with van der Waals surface area (Å²) in [5.41, 5.74) is 0. The van der Waals surface area contributed by atoms with E-state index in [1.165, 1.54) is 19.0 Å². The molecule has 0 aromatic heterocycles. The molecule has 0 saturated heterocycles. The second-order valence-electron chi connectivity index (χ2n) is 2.13. The van der Waals surface area contributed by atoms with Crippen LogP contribution in [0.5, 0.6) is 0 Å². The van der Waals surface area contributed by atoms with Crippen molar-refractivity contribution < 1.29 is 0 Å². The van der Waals surface area contributed by atoms with E-state index in [1.807, 2.05) is 0 Å². The minimum atomic E-state index is 0.912. The van der Waals surface area contributed by atoms with Crippen molar-refractivity contribution in [1.82, 2.24) is 0 Å². The SMILES string of the molecule is CCCC(C)CP. The van der Waals surface area contributed by atoms with Gasteiger partial charge in [0.1, 0.15) is 0 Å². The van der Waals surface area contributed by atoms with Crippen molar-refractivity contribution in [2.24, 2.45) is 5.92 Å². The summed E-state index contributed by atoms with van der Waals surface area (Å²) in [5.74, 6) is 0.912. The van der Waals surface area contributed by atoms with Crippen molar-refractivity contribution in [2.45, 2.75) is 26.7 Å². The van der Waals surface area contributed by atoms with Crippen LogP contribution in [0, 0.1) is 5.92 Å². The third-order valence-electron chi connectivity index (χ3n) is 1.18. The maximum absolute atomic E-state index is 2.77. The number of hydrogen-bond donors (Lipinski definition) is 0. The Morgan fingerprint density at radius 1 is 1.57 bits per heavy atom. The van der Waals surface area contributed by atoms with Crippen molar-refractivity contribution in [2.75, 3.05) is 6.16 Å². The zero-order valence-corrected chi connectivity index (χ0v) is 6.43. The van der Waals surface area contributed by atoms with Crippen molar-refractivity contribution in [3.05, 3.63) is 0 Å². The van der Waals surface area contributed by atoms with Crippen LogP contribution in [-0.2, 0) is 0 Å². The van der Waals surface area contributed by atoms with Gasteiger partial charge in [-0.05, 0) is 12.1 Å². The van der Waals surface area contributed by atoms with Gasteiger partial charge in [0.25, 0.3) is 0 Å². The van der Waals surface area contributed by atoms with Crippen molar-refractivity contribution in [1.29, 1.82) is 0 Å². The average molecular weight is 118 g/mol. The van der Waals surface area contributed by atoms with Crippen LogP contribution in [0.1, 0.15) is 26.7 Å². The highest BCUT2D eigenvalue weighted by Gasteiger charge is 1.92. The molecular formula is C6H15P. The summed E-state index contributed by atoms with van der Waals surface area (Å²) in [5, 5.41) is 0. The van der Waals surface area contributed by atoms with Crippen LogP contribution in [0.15, 0.2) is 0 Å². The van der Waals surface area contributed by atoms with Gasteiger partial charge in [-0.2, -0.15) is 0 Å². The monoisotopic (exact) mass is 118 g/mol. The molecule has 0 rings (SSSR count). The molecule has 0 bridgehead atoms. The minimum Gasteiger partial charge on any atom is -0.137 e. The van der Waals surface area contributed by atoms with Crippen LogP contribution < -0.4 is 0 Å². The molecular weight excluding hydrogens is 103 g/mol. The fourth-order valence-corrected chi connectivity index (χ4v) is 0.846. The van der Waals surface area contributed by atoms with Gasteiger partial charge in [0.2, 0.25) is 0 Å². The van der Waals surface area contributed by atoms with Gasteiger partial charge in [-0.25, -0.2) is 0 Å². The number of hydrogen-bond acceptors (Lipinski definition) is 0. The summed E-state index contributed by atoms with van der Waals surface area (Å²) in [6.45, 7) is 4.52. The molecule has 44 valence electrons. The Bertz CT molecular complexity index is 35.2. The highest BCUT2D eigenvalue weighted by Crippen LogP contribution is 2.06. The third-order valence-corrected chi connectivity index (χ3v) is 1.99. The van der Waals surface area contributed by atoms with E-state index in [9.17, 15) is 0 Å². The van der Waals surface area contributed by atoms with Crippen molar-refractivity contribution >= 4 is 9.24 Å². The minimum absolute atomic E-state index is 0.912. The Morgan fingerprint density at radius 2 is 2.14 bits per heavy atom. The van der Waals surface area contributed by atoms with E-state index in [-0.39, 0.29) is 0 Å². The first-order valence-corrected chi connectivity index (χ1v) is 3.83. The average Bonchev–Trinajstić information content (AvgIpc) is 1.68. The molecule has 0 amide bonds. The van der Waals surface area contributed by atoms with Crippen LogP contribution in [0.4, 0.5) is 0 Å². The molecule has 0 saturated carbocycles. The second kappa shape index (κ2) is 4.59. The molecule has 2 atom stereocenters. The van der Waals surface area contributed by atoms with E-state index < -0.39 is 0 Å². The molecule has 7 heavy (non-hydrogen) atoms. The molecule has 0 spiro atoms. The summed E-state index contributed by atoms with van der Waals surface area (Å²) in [4.78, 5) is 0. The van der Waals surface area contributed by atoms with E-state index in [1.54, 1.807) is 0 Å². The van der Waals surface area contributed by atoms with Crippen molar-refractivity contribution in [3.63, 3.8) is 0 Å². The quantitative estimate of drug-likeness (QED) is 0.499. The van der Waals surface area contributed by atoms with Gasteiger partial charge in [0.05, 0.1) is 0 Å². The molecule has 0 aliphatic rings. The van der Waals surface area contributed by atoms with Gasteiger partial charge in [0, 0.05) is 0 Å². The maximum Gasteiger partial charge on any atom is -0.0355 e. The third kappa shape index (κ3) is 4.28. The predicted molar refractivity (Wildman–Crippen MR) is 38.6 cm³/mol. The lowest BCUT2D eigenvalue weighted by atomic mass is 10.1. The van der Waals surface area contributed by atoms with Gasteiger partial charge in [-0.1, -0.05) is 26.7 Å². The zero-order chi connectivity index (χ0) is 5.70. The summed E-state index contributed by atoms with van der Waals surface area (Å²) < 4.78 is 0. The predicted octanol–water partition coefficient (Wildman–Crippen LogP) is 2.30. The van der Waals surface area contributed by atoms with Gasteiger partial charge in [0.15, 0.2) is 0 Å². The lowest BCUT2D eigenvalue weighted by molar-refractivity contribution is 0.585. The Balaban J connectivity index is 2.83. The Morgan fingerprint density at radius 3 is 2.29 bits per heavy atom. The van der Waals surface area contributed by atoms with Crippen LogP contribution in [0.3, 0.4) is 0 Å². The standard InChI is InChI=1S/C6H15P/c1-3-4-6(2)5-7/h6H,3-5,7H2,1-2H3. The normalized spacial score (nSPS) is 14.1. The molecule has 0 fully saturated rings. The van der Waals surface area contributed by atoms with E-state index in [2.05, 4.69) is 23.1 Å². The molecule has 0 aromatic rings. The van der Waals surface area contributed by atoms with Crippen LogP contribution >= 0.6 is 9.24 Å². The molecule has 0 aliphatic heterocycles. The fraction of sp³-hybridized carbons (Fsp3) is 1.00. The Labute approximate surface area is 48.9 Å². The Kier molecular flexibility index (Phi) is 4.87. The molecule has 0 nitrogen and oxygen atoms in total. The molecule has 0 aromatic carbocycles. The van der Waals surface area contributed by atoms with Crippen molar-refractivity contribution in [3.8, 4) is 0 Å². The molecule has 0 heterocycles. The van der Waals surface area contributed by atoms with Gasteiger partial charge >= 0.3 is 0 Å². The summed E-state index contributed by atoms with van der Waals surface area (Å²) in [7, 11) is 2.77. The summed E-state index contributed by atoms with van der Waals surface area (Å²) in [6, 6.07) is 0. The maximum atomic E-state index is 2.77. The largest absolute Gasteiger partial charge is 0.137 e. The summed E-state index contributed by atoms with van der Waals surface area (Å²) in [6.07, 6.45) is 3.97. The lowest BCUT2D eigenvalue weighted by Crippen LogP contribution is -1.92. The van der Waals surface area contributed by atoms with E-state index in [0.717, 1.165) is 5.92 Å². The van der Waals surface area contributed by atoms with Crippen LogP contribution in [0.2, 0.25) is 0 Å². The van der Waals surface area contributed by atoms with E-state index >= 15 is 0 Å². The molecule has 1 heteroatoms. The smallest absolute Gasteiger partial charge is 0.0355 e. The zero-order valence-electron chi connectivity index (χ0n) is 5.28. The van der Waals surface area contributed by atoms with E-state index in [4.69, 9.17) is 0 Å². The molecule has 2 unspecified atom stereocenters. The first-order chi connectivity index (χ1) is 3.31. The van der Waals surface area contributed by atoms with E-state index in [0.29, 0.717) is 0 Å². The highest BCUT2D eigenvalue weighted by atomic mass is 31.0. The topological polar surface area (TPSA) is 0 Å². The van der Waals surface area contributed by atoms with Gasteiger partial charge in [-0.15, -0.1) is 9.24 Å². The highest BCUT2D eigenvalue weighted by molar-refractivity contribution is 7.16. The molecule has 0 radical (unpaired) electrons.